The minimum atomic E-state index is -3.67. The molecule has 1 aliphatic heterocycles. The number of aromatic nitrogens is 1. The maximum atomic E-state index is 14.8. The molecule has 0 bridgehead atoms. The largest absolute Gasteiger partial charge is 0.494 e. The number of nitrogens with two attached hydrogens (primary N) is 1. The Morgan fingerprint density at radius 3 is 2.50 bits per heavy atom. The summed E-state index contributed by atoms with van der Waals surface area (Å²) >= 11 is 0. The first kappa shape index (κ1) is 29.9. The molecule has 212 valence electrons. The lowest BCUT2D eigenvalue weighted by atomic mass is 10.00. The van der Waals surface area contributed by atoms with Crippen LogP contribution in [0.3, 0.4) is 0 Å². The molecule has 0 aliphatic carbocycles. The van der Waals surface area contributed by atoms with E-state index in [1.165, 1.54) is 31.5 Å². The second kappa shape index (κ2) is 12.5. The lowest BCUT2D eigenvalue weighted by Crippen LogP contribution is -2.42. The maximum absolute atomic E-state index is 14.8. The van der Waals surface area contributed by atoms with E-state index in [4.69, 9.17) is 19.8 Å². The average Bonchev–Trinajstić information content (AvgIpc) is 2.88. The number of methoxy groups -OCH3 is 1. The van der Waals surface area contributed by atoms with Gasteiger partial charge >= 0.3 is 5.69 Å². The van der Waals surface area contributed by atoms with Crippen LogP contribution in [-0.2, 0) is 22.4 Å². The van der Waals surface area contributed by atoms with Crippen molar-refractivity contribution >= 4 is 27.5 Å². The van der Waals surface area contributed by atoms with Crippen LogP contribution < -0.4 is 25.8 Å². The standard InChI is InChI=1S/C23H20F2N6O4.CH4O3S/c1-34-21-11-16(24)19(31(32)33)12-18(21)29-22-28-9-7-23(26,30-22)14-5-6-20(17(25)10-14)35-13-15-4-2-3-8-27-15;1-5(2,3)4/h2-12H,13,26H2,1H3,(H2,28,29,30);1H3,(H,2,3,4). The van der Waals surface area contributed by atoms with Crippen LogP contribution in [0.2, 0.25) is 0 Å². The molecule has 0 spiro atoms. The van der Waals surface area contributed by atoms with Crippen LogP contribution in [0.15, 0.2) is 72.0 Å². The number of ether oxygens (including phenoxy) is 2. The number of guanidine groups is 1. The van der Waals surface area contributed by atoms with Gasteiger partial charge < -0.3 is 20.1 Å². The van der Waals surface area contributed by atoms with Crippen molar-refractivity contribution in [3.05, 3.63) is 100 Å². The number of halogens is 2. The topological polar surface area (TPSA) is 191 Å². The summed E-state index contributed by atoms with van der Waals surface area (Å²) in [7, 11) is -2.38. The van der Waals surface area contributed by atoms with Crippen LogP contribution in [0, 0.1) is 21.7 Å². The number of hydrogen-bond donors (Lipinski definition) is 4. The van der Waals surface area contributed by atoms with Gasteiger partial charge in [-0.2, -0.15) is 12.8 Å². The van der Waals surface area contributed by atoms with Gasteiger partial charge in [-0.25, -0.2) is 9.38 Å². The van der Waals surface area contributed by atoms with Gasteiger partial charge in [-0.15, -0.1) is 0 Å². The second-order valence-electron chi connectivity index (χ2n) is 8.14. The van der Waals surface area contributed by atoms with Crippen LogP contribution in [0.5, 0.6) is 11.5 Å². The third kappa shape index (κ3) is 8.16. The monoisotopic (exact) mass is 578 g/mol. The number of rotatable bonds is 7. The van der Waals surface area contributed by atoms with Gasteiger partial charge in [0, 0.05) is 30.1 Å². The Labute approximate surface area is 227 Å². The van der Waals surface area contributed by atoms with Gasteiger partial charge in [0.25, 0.3) is 10.1 Å². The first-order valence-electron chi connectivity index (χ1n) is 11.2. The van der Waals surface area contributed by atoms with E-state index in [2.05, 4.69) is 20.6 Å². The van der Waals surface area contributed by atoms with Gasteiger partial charge in [0.05, 0.1) is 29.7 Å². The number of nitro benzene ring substituents is 1. The van der Waals surface area contributed by atoms with E-state index < -0.39 is 38.0 Å². The molecule has 5 N–H and O–H groups in total. The molecule has 0 amide bonds. The van der Waals surface area contributed by atoms with Crippen LogP contribution in [0.25, 0.3) is 0 Å². The molecule has 4 rings (SSSR count). The number of anilines is 1. The first-order chi connectivity index (χ1) is 18.8. The highest BCUT2D eigenvalue weighted by Gasteiger charge is 2.29. The normalized spacial score (nSPS) is 16.1. The smallest absolute Gasteiger partial charge is 0.307 e. The van der Waals surface area contributed by atoms with Crippen molar-refractivity contribution in [2.75, 3.05) is 18.7 Å². The van der Waals surface area contributed by atoms with Gasteiger partial charge in [-0.3, -0.25) is 25.4 Å². The number of nitrogens with zero attached hydrogens (tertiary/aromatic N) is 3. The molecular formula is C24H24F2N6O7S. The number of nitro groups is 1. The predicted molar refractivity (Wildman–Crippen MR) is 141 cm³/mol. The average molecular weight is 579 g/mol. The summed E-state index contributed by atoms with van der Waals surface area (Å²) in [5.41, 5.74) is 5.22. The number of nitrogens with one attached hydrogen (secondary N) is 2. The minimum Gasteiger partial charge on any atom is -0.494 e. The third-order valence-electron chi connectivity index (χ3n) is 5.07. The summed E-state index contributed by atoms with van der Waals surface area (Å²) in [5.74, 6) is -1.59. The van der Waals surface area contributed by atoms with Crippen molar-refractivity contribution in [3.63, 3.8) is 0 Å². The molecule has 0 saturated carbocycles. The van der Waals surface area contributed by atoms with Crippen LogP contribution in [0.4, 0.5) is 20.2 Å². The predicted octanol–water partition coefficient (Wildman–Crippen LogP) is 3.06. The molecule has 2 heterocycles. The molecule has 0 radical (unpaired) electrons. The molecule has 1 atom stereocenters. The van der Waals surface area contributed by atoms with Crippen molar-refractivity contribution in [3.8, 4) is 11.5 Å². The SMILES string of the molecule is COc1cc(F)c([N+](=O)[O-])cc1NC1=NC(N)(c2ccc(OCc3ccccn3)c(F)c2)C=CN1.CS(=O)(=O)O. The van der Waals surface area contributed by atoms with E-state index in [9.17, 15) is 27.3 Å². The van der Waals surface area contributed by atoms with E-state index in [0.29, 0.717) is 17.5 Å². The first-order valence-corrected chi connectivity index (χ1v) is 13.0. The third-order valence-corrected chi connectivity index (χ3v) is 5.07. The molecule has 3 aromatic rings. The van der Waals surface area contributed by atoms with Crippen molar-refractivity contribution in [1.29, 1.82) is 0 Å². The summed E-state index contributed by atoms with van der Waals surface area (Å²) in [4.78, 5) is 18.7. The fraction of sp³-hybridized carbons (Fsp3) is 0.167. The Hall–Kier alpha value is -4.67. The molecule has 0 fully saturated rings. The van der Waals surface area contributed by atoms with Gasteiger partial charge in [-0.05, 0) is 30.3 Å². The quantitative estimate of drug-likeness (QED) is 0.183. The molecule has 2 aromatic carbocycles. The summed E-state index contributed by atoms with van der Waals surface area (Å²) in [6, 6.07) is 11.4. The summed E-state index contributed by atoms with van der Waals surface area (Å²) < 4.78 is 65.2. The van der Waals surface area contributed by atoms with E-state index in [0.717, 1.165) is 12.1 Å². The van der Waals surface area contributed by atoms with E-state index in [1.807, 2.05) is 0 Å². The lowest BCUT2D eigenvalue weighted by Gasteiger charge is -2.27. The maximum Gasteiger partial charge on any atom is 0.307 e. The molecule has 1 aromatic heterocycles. The Kier molecular flexibility index (Phi) is 9.31. The fourth-order valence-electron chi connectivity index (χ4n) is 3.31. The zero-order valence-corrected chi connectivity index (χ0v) is 21.9. The van der Waals surface area contributed by atoms with E-state index in [1.54, 1.807) is 30.5 Å². The van der Waals surface area contributed by atoms with Gasteiger partial charge in [0.1, 0.15) is 12.4 Å². The van der Waals surface area contributed by atoms with E-state index >= 15 is 0 Å². The van der Waals surface area contributed by atoms with Crippen molar-refractivity contribution in [2.45, 2.75) is 12.3 Å². The number of pyridine rings is 1. The highest BCUT2D eigenvalue weighted by Crippen LogP contribution is 2.33. The minimum absolute atomic E-state index is 0.00947. The molecule has 1 aliphatic rings. The zero-order valence-electron chi connectivity index (χ0n) is 21.0. The molecule has 16 heteroatoms. The van der Waals surface area contributed by atoms with Gasteiger partial charge in [-0.1, -0.05) is 12.1 Å². The van der Waals surface area contributed by atoms with Gasteiger partial charge in [0.15, 0.2) is 17.2 Å². The molecule has 0 saturated heterocycles. The number of benzene rings is 2. The lowest BCUT2D eigenvalue weighted by molar-refractivity contribution is -0.387. The summed E-state index contributed by atoms with van der Waals surface area (Å²) in [5, 5.41) is 16.7. The highest BCUT2D eigenvalue weighted by molar-refractivity contribution is 7.85. The van der Waals surface area contributed by atoms with Crippen molar-refractivity contribution < 1.29 is 36.1 Å². The van der Waals surface area contributed by atoms with Gasteiger partial charge in [0.2, 0.25) is 11.8 Å². The Morgan fingerprint density at radius 1 is 1.18 bits per heavy atom. The van der Waals surface area contributed by atoms with E-state index in [-0.39, 0.29) is 29.8 Å². The summed E-state index contributed by atoms with van der Waals surface area (Å²) in [6.45, 7) is 0.0898. The summed E-state index contributed by atoms with van der Waals surface area (Å²) in [6.07, 6.45) is 5.31. The number of hydrogen-bond acceptors (Lipinski definition) is 11. The van der Waals surface area contributed by atoms with Crippen molar-refractivity contribution in [2.24, 2.45) is 10.7 Å². The zero-order chi connectivity index (χ0) is 29.5. The Bertz CT molecular complexity index is 1550. The number of aliphatic imine (C=N–C) groups is 1. The Morgan fingerprint density at radius 2 is 1.90 bits per heavy atom. The second-order valence-corrected chi connectivity index (χ2v) is 9.60. The van der Waals surface area contributed by atoms with Crippen LogP contribution in [-0.4, -0.2) is 42.2 Å². The molecular weight excluding hydrogens is 554 g/mol. The van der Waals surface area contributed by atoms with Crippen LogP contribution >= 0.6 is 0 Å². The van der Waals surface area contributed by atoms with Crippen molar-refractivity contribution in [1.82, 2.24) is 10.3 Å². The molecule has 13 nitrogen and oxygen atoms in total. The highest BCUT2D eigenvalue weighted by atomic mass is 32.2. The molecule has 40 heavy (non-hydrogen) atoms. The molecule has 1 unspecified atom stereocenters. The fourth-order valence-corrected chi connectivity index (χ4v) is 3.31. The Balaban J connectivity index is 0.000000810. The van der Waals surface area contributed by atoms with Crippen LogP contribution in [0.1, 0.15) is 11.3 Å².